The smallest absolute Gasteiger partial charge is 0.234 e. The van der Waals surface area contributed by atoms with E-state index >= 15 is 0 Å². The van der Waals surface area contributed by atoms with Gasteiger partial charge in [0.1, 0.15) is 5.75 Å². The number of benzene rings is 2. The molecule has 0 radical (unpaired) electrons. The number of anilines is 1. The highest BCUT2D eigenvalue weighted by Crippen LogP contribution is 2.24. The molecule has 0 saturated heterocycles. The summed E-state index contributed by atoms with van der Waals surface area (Å²) in [5.74, 6) is 1.70. The molecule has 1 amide bonds. The fourth-order valence-electron chi connectivity index (χ4n) is 3.07. The Morgan fingerprint density at radius 2 is 1.90 bits per heavy atom. The van der Waals surface area contributed by atoms with E-state index in [0.29, 0.717) is 11.0 Å². The standard InChI is InChI=1S/C23H28N4O2S/c1-6-18-10-12-19(13-11-18)29-17(4)22-25-26-23(27(22)5)30-14-21(28)24-20-9-7-8-15(2)16(20)3/h7-13,17H,6,14H2,1-5H3,(H,24,28). The second-order valence-electron chi connectivity index (χ2n) is 7.24. The van der Waals surface area contributed by atoms with Crippen LogP contribution in [0.4, 0.5) is 5.69 Å². The molecule has 0 bridgehead atoms. The van der Waals surface area contributed by atoms with Crippen LogP contribution in [0.3, 0.4) is 0 Å². The number of aryl methyl sites for hydroxylation is 2. The fraction of sp³-hybridized carbons (Fsp3) is 0.348. The lowest BCUT2D eigenvalue weighted by Gasteiger charge is -2.14. The second kappa shape index (κ2) is 9.80. The first-order chi connectivity index (χ1) is 14.4. The first kappa shape index (κ1) is 21.9. The summed E-state index contributed by atoms with van der Waals surface area (Å²) in [6, 6.07) is 14.0. The summed E-state index contributed by atoms with van der Waals surface area (Å²) in [5.41, 5.74) is 4.34. The van der Waals surface area contributed by atoms with Gasteiger partial charge in [0.25, 0.3) is 0 Å². The highest BCUT2D eigenvalue weighted by molar-refractivity contribution is 7.99. The molecule has 7 heteroatoms. The number of thioether (sulfide) groups is 1. The second-order valence-corrected chi connectivity index (χ2v) is 8.18. The molecule has 0 fully saturated rings. The first-order valence-corrected chi connectivity index (χ1v) is 11.0. The SMILES string of the molecule is CCc1ccc(OC(C)c2nnc(SCC(=O)Nc3cccc(C)c3C)n2C)cc1. The van der Waals surface area contributed by atoms with Crippen molar-refractivity contribution >= 4 is 23.4 Å². The van der Waals surface area contributed by atoms with Gasteiger partial charge in [-0.25, -0.2) is 0 Å². The molecule has 158 valence electrons. The van der Waals surface area contributed by atoms with E-state index in [4.69, 9.17) is 4.74 Å². The molecule has 1 heterocycles. The van der Waals surface area contributed by atoms with Crippen LogP contribution in [0.15, 0.2) is 47.6 Å². The lowest BCUT2D eigenvalue weighted by atomic mass is 10.1. The van der Waals surface area contributed by atoms with E-state index in [1.165, 1.54) is 17.3 Å². The maximum atomic E-state index is 12.4. The maximum absolute atomic E-state index is 12.4. The van der Waals surface area contributed by atoms with Gasteiger partial charge in [-0.15, -0.1) is 10.2 Å². The zero-order valence-electron chi connectivity index (χ0n) is 18.1. The predicted octanol–water partition coefficient (Wildman–Crippen LogP) is 4.87. The number of nitrogens with zero attached hydrogens (tertiary/aromatic N) is 3. The molecular formula is C23H28N4O2S. The topological polar surface area (TPSA) is 69.0 Å². The third-order valence-corrected chi connectivity index (χ3v) is 6.11. The van der Waals surface area contributed by atoms with Gasteiger partial charge in [0.2, 0.25) is 5.91 Å². The van der Waals surface area contributed by atoms with Gasteiger partial charge in [-0.3, -0.25) is 4.79 Å². The van der Waals surface area contributed by atoms with Gasteiger partial charge in [-0.2, -0.15) is 0 Å². The number of rotatable bonds is 8. The minimum absolute atomic E-state index is 0.0708. The van der Waals surface area contributed by atoms with Crippen molar-refractivity contribution in [1.29, 1.82) is 0 Å². The Hall–Kier alpha value is -2.80. The highest BCUT2D eigenvalue weighted by atomic mass is 32.2. The molecule has 0 aliphatic heterocycles. The zero-order chi connectivity index (χ0) is 21.7. The lowest BCUT2D eigenvalue weighted by molar-refractivity contribution is -0.113. The molecule has 1 unspecified atom stereocenters. The number of hydrogen-bond acceptors (Lipinski definition) is 5. The molecular weight excluding hydrogens is 396 g/mol. The summed E-state index contributed by atoms with van der Waals surface area (Å²) in [5, 5.41) is 12.1. The van der Waals surface area contributed by atoms with Crippen LogP contribution < -0.4 is 10.1 Å². The third kappa shape index (κ3) is 5.21. The van der Waals surface area contributed by atoms with Crippen LogP contribution >= 0.6 is 11.8 Å². The van der Waals surface area contributed by atoms with E-state index in [9.17, 15) is 4.79 Å². The minimum Gasteiger partial charge on any atom is -0.483 e. The zero-order valence-corrected chi connectivity index (χ0v) is 18.9. The van der Waals surface area contributed by atoms with Crippen LogP contribution in [0, 0.1) is 13.8 Å². The van der Waals surface area contributed by atoms with Crippen LogP contribution in [-0.4, -0.2) is 26.4 Å². The monoisotopic (exact) mass is 424 g/mol. The van der Waals surface area contributed by atoms with Gasteiger partial charge in [0.05, 0.1) is 5.75 Å². The summed E-state index contributed by atoms with van der Waals surface area (Å²) >= 11 is 1.36. The fourth-order valence-corrected chi connectivity index (χ4v) is 3.79. The molecule has 0 saturated carbocycles. The molecule has 0 aliphatic rings. The Kier molecular flexibility index (Phi) is 7.15. The van der Waals surface area contributed by atoms with E-state index in [2.05, 4.69) is 34.6 Å². The molecule has 1 atom stereocenters. The van der Waals surface area contributed by atoms with Gasteiger partial charge in [-0.1, -0.05) is 43.0 Å². The molecule has 0 spiro atoms. The van der Waals surface area contributed by atoms with E-state index in [1.807, 2.05) is 62.7 Å². The molecule has 30 heavy (non-hydrogen) atoms. The average molecular weight is 425 g/mol. The van der Waals surface area contributed by atoms with Gasteiger partial charge in [-0.05, 0) is 62.1 Å². The number of carbonyl (C=O) groups is 1. The predicted molar refractivity (Wildman–Crippen MR) is 121 cm³/mol. The molecule has 1 aromatic heterocycles. The summed E-state index contributed by atoms with van der Waals surface area (Å²) in [4.78, 5) is 12.4. The van der Waals surface area contributed by atoms with Gasteiger partial charge in [0.15, 0.2) is 17.1 Å². The van der Waals surface area contributed by atoms with E-state index in [1.54, 1.807) is 0 Å². The van der Waals surface area contributed by atoms with Crippen molar-refractivity contribution < 1.29 is 9.53 Å². The van der Waals surface area contributed by atoms with Crippen molar-refractivity contribution in [2.75, 3.05) is 11.1 Å². The largest absolute Gasteiger partial charge is 0.483 e. The lowest BCUT2D eigenvalue weighted by Crippen LogP contribution is -2.15. The molecule has 6 nitrogen and oxygen atoms in total. The Labute approximate surface area is 182 Å². The third-order valence-electron chi connectivity index (χ3n) is 5.09. The maximum Gasteiger partial charge on any atom is 0.234 e. The van der Waals surface area contributed by atoms with Crippen molar-refractivity contribution in [1.82, 2.24) is 14.8 Å². The normalized spacial score (nSPS) is 11.9. The molecule has 2 aromatic carbocycles. The van der Waals surface area contributed by atoms with Crippen molar-refractivity contribution in [3.63, 3.8) is 0 Å². The van der Waals surface area contributed by atoms with Gasteiger partial charge < -0.3 is 14.6 Å². The first-order valence-electron chi connectivity index (χ1n) is 10.0. The quantitative estimate of drug-likeness (QED) is 0.523. The average Bonchev–Trinajstić information content (AvgIpc) is 3.11. The van der Waals surface area contributed by atoms with Crippen molar-refractivity contribution in [2.24, 2.45) is 7.05 Å². The van der Waals surface area contributed by atoms with Crippen LogP contribution in [0.1, 0.15) is 42.5 Å². The summed E-state index contributed by atoms with van der Waals surface area (Å²) in [6.45, 7) is 8.10. The molecule has 3 rings (SSSR count). The minimum atomic E-state index is -0.256. The number of hydrogen-bond donors (Lipinski definition) is 1. The van der Waals surface area contributed by atoms with Crippen LogP contribution in [-0.2, 0) is 18.3 Å². The number of ether oxygens (including phenoxy) is 1. The van der Waals surface area contributed by atoms with Gasteiger partial charge in [0, 0.05) is 12.7 Å². The number of nitrogens with one attached hydrogen (secondary N) is 1. The summed E-state index contributed by atoms with van der Waals surface area (Å²) < 4.78 is 7.89. The Balaban J connectivity index is 1.59. The van der Waals surface area contributed by atoms with E-state index in [-0.39, 0.29) is 17.8 Å². The van der Waals surface area contributed by atoms with Crippen LogP contribution in [0.25, 0.3) is 0 Å². The van der Waals surface area contributed by atoms with Crippen molar-refractivity contribution in [3.05, 3.63) is 65.0 Å². The van der Waals surface area contributed by atoms with E-state index < -0.39 is 0 Å². The number of carbonyl (C=O) groups excluding carboxylic acids is 1. The van der Waals surface area contributed by atoms with Crippen LogP contribution in [0.2, 0.25) is 0 Å². The Morgan fingerprint density at radius 1 is 1.17 bits per heavy atom. The van der Waals surface area contributed by atoms with Crippen molar-refractivity contribution in [2.45, 2.75) is 45.4 Å². The Bertz CT molecular complexity index is 1010. The van der Waals surface area contributed by atoms with E-state index in [0.717, 1.165) is 29.0 Å². The van der Waals surface area contributed by atoms with Crippen molar-refractivity contribution in [3.8, 4) is 5.75 Å². The number of amides is 1. The molecule has 0 aliphatic carbocycles. The highest BCUT2D eigenvalue weighted by Gasteiger charge is 2.18. The van der Waals surface area contributed by atoms with Gasteiger partial charge >= 0.3 is 0 Å². The summed E-state index contributed by atoms with van der Waals surface area (Å²) in [7, 11) is 1.89. The van der Waals surface area contributed by atoms with Crippen LogP contribution in [0.5, 0.6) is 5.75 Å². The number of aromatic nitrogens is 3. The summed E-state index contributed by atoms with van der Waals surface area (Å²) in [6.07, 6.45) is 0.740. The Morgan fingerprint density at radius 3 is 2.60 bits per heavy atom. The molecule has 1 N–H and O–H groups in total. The molecule has 3 aromatic rings.